The summed E-state index contributed by atoms with van der Waals surface area (Å²) in [5, 5.41) is 3.47. The van der Waals surface area contributed by atoms with Gasteiger partial charge in [0.25, 0.3) is 0 Å². The third kappa shape index (κ3) is 3.37. The van der Waals surface area contributed by atoms with E-state index in [4.69, 9.17) is 0 Å². The molecule has 23 heavy (non-hydrogen) atoms. The fourth-order valence-electron chi connectivity index (χ4n) is 3.72. The summed E-state index contributed by atoms with van der Waals surface area (Å²) in [6.07, 6.45) is 6.72. The molecule has 1 atom stereocenters. The molecule has 0 fully saturated rings. The minimum absolute atomic E-state index is 0.0801. The molecule has 1 N–H and O–H groups in total. The zero-order valence-electron chi connectivity index (χ0n) is 14.7. The van der Waals surface area contributed by atoms with Gasteiger partial charge in [0, 0.05) is 6.54 Å². The van der Waals surface area contributed by atoms with E-state index >= 15 is 0 Å². The Kier molecular flexibility index (Phi) is 4.90. The van der Waals surface area contributed by atoms with Gasteiger partial charge < -0.3 is 15.1 Å². The number of rotatable bonds is 5. The predicted molar refractivity (Wildman–Crippen MR) is 96.3 cm³/mol. The number of amides is 1. The lowest BCUT2D eigenvalue weighted by Gasteiger charge is -2.36. The van der Waals surface area contributed by atoms with E-state index in [0.29, 0.717) is 0 Å². The molecule has 1 aliphatic carbocycles. The molecule has 2 aliphatic rings. The fraction of sp³-hybridized carbons (Fsp3) is 0.632. The van der Waals surface area contributed by atoms with Gasteiger partial charge in [-0.15, -0.1) is 0 Å². The van der Waals surface area contributed by atoms with Gasteiger partial charge in [0.1, 0.15) is 6.04 Å². The quantitative estimate of drug-likeness (QED) is 0.907. The van der Waals surface area contributed by atoms with E-state index in [1.54, 1.807) is 0 Å². The van der Waals surface area contributed by atoms with Crippen LogP contribution in [0.15, 0.2) is 12.1 Å². The molecule has 0 radical (unpaired) electrons. The summed E-state index contributed by atoms with van der Waals surface area (Å²) >= 11 is 0. The number of carbonyl (C=O) groups excluding carboxylic acids is 1. The van der Waals surface area contributed by atoms with Gasteiger partial charge in [0.2, 0.25) is 5.91 Å². The number of anilines is 2. The molecule has 1 unspecified atom stereocenters. The number of fused-ring (bicyclic) bond motifs is 2. The Morgan fingerprint density at radius 1 is 1.22 bits per heavy atom. The molecule has 3 rings (SSSR count). The molecule has 4 nitrogen and oxygen atoms in total. The van der Waals surface area contributed by atoms with E-state index in [9.17, 15) is 4.79 Å². The monoisotopic (exact) mass is 315 g/mol. The molecule has 1 amide bonds. The molecule has 126 valence electrons. The highest BCUT2D eigenvalue weighted by Gasteiger charge is 2.32. The molecule has 1 aromatic rings. The molecule has 1 aromatic carbocycles. The van der Waals surface area contributed by atoms with Crippen molar-refractivity contribution in [3.05, 3.63) is 23.3 Å². The molecule has 0 saturated carbocycles. The molecule has 0 bridgehead atoms. The number of hydrogen-bond donors (Lipinski definition) is 1. The van der Waals surface area contributed by atoms with E-state index < -0.39 is 0 Å². The predicted octanol–water partition coefficient (Wildman–Crippen LogP) is 3.05. The third-order valence-corrected chi connectivity index (χ3v) is 5.04. The van der Waals surface area contributed by atoms with Crippen molar-refractivity contribution < 1.29 is 4.79 Å². The average Bonchev–Trinajstić information content (AvgIpc) is 2.54. The summed E-state index contributed by atoms with van der Waals surface area (Å²) in [7, 11) is 4.16. The summed E-state index contributed by atoms with van der Waals surface area (Å²) in [4.78, 5) is 17.0. The Labute approximate surface area is 139 Å². The normalized spacial score (nSPS) is 20.3. The fourth-order valence-corrected chi connectivity index (χ4v) is 3.72. The van der Waals surface area contributed by atoms with Gasteiger partial charge in [-0.3, -0.25) is 4.79 Å². The van der Waals surface area contributed by atoms with Crippen LogP contribution in [0.2, 0.25) is 0 Å². The van der Waals surface area contributed by atoms with E-state index in [0.717, 1.165) is 43.7 Å². The summed E-state index contributed by atoms with van der Waals surface area (Å²) in [6, 6.07) is 4.50. The molecule has 1 heterocycles. The first-order valence-corrected chi connectivity index (χ1v) is 8.98. The maximum absolute atomic E-state index is 12.8. The first-order chi connectivity index (χ1) is 11.1. The zero-order valence-corrected chi connectivity index (χ0v) is 14.7. The number of benzene rings is 1. The molecular formula is C19H29N3O. The van der Waals surface area contributed by atoms with Crippen molar-refractivity contribution in [3.63, 3.8) is 0 Å². The van der Waals surface area contributed by atoms with Crippen LogP contribution in [-0.4, -0.2) is 44.0 Å². The zero-order chi connectivity index (χ0) is 16.4. The summed E-state index contributed by atoms with van der Waals surface area (Å²) < 4.78 is 0. The van der Waals surface area contributed by atoms with Crippen LogP contribution in [-0.2, 0) is 17.6 Å². The van der Waals surface area contributed by atoms with Crippen molar-refractivity contribution in [2.75, 3.05) is 37.4 Å². The molecule has 0 saturated heterocycles. The standard InChI is InChI=1S/C19H29N3O/c1-4-16-19(23)22(11-7-10-21(2)3)18-13-15-9-6-5-8-14(15)12-17(18)20-16/h12-13,16,20H,4-11H2,1-3H3. The Balaban J connectivity index is 1.90. The lowest BCUT2D eigenvalue weighted by molar-refractivity contribution is -0.119. The Morgan fingerprint density at radius 3 is 2.57 bits per heavy atom. The Hall–Kier alpha value is -1.55. The maximum Gasteiger partial charge on any atom is 0.249 e. The highest BCUT2D eigenvalue weighted by molar-refractivity contribution is 6.05. The van der Waals surface area contributed by atoms with Crippen molar-refractivity contribution in [2.24, 2.45) is 0 Å². The second-order valence-corrected chi connectivity index (χ2v) is 7.10. The number of carbonyl (C=O) groups is 1. The lowest BCUT2D eigenvalue weighted by atomic mass is 9.89. The topological polar surface area (TPSA) is 35.6 Å². The number of hydrogen-bond acceptors (Lipinski definition) is 3. The first kappa shape index (κ1) is 16.3. The number of nitrogens with one attached hydrogen (secondary N) is 1. The number of aryl methyl sites for hydroxylation is 2. The van der Waals surface area contributed by atoms with E-state index in [1.807, 2.05) is 4.90 Å². The van der Waals surface area contributed by atoms with Crippen molar-refractivity contribution in [2.45, 2.75) is 51.5 Å². The maximum atomic E-state index is 12.8. The molecular weight excluding hydrogens is 286 g/mol. The van der Waals surface area contributed by atoms with Gasteiger partial charge in [-0.25, -0.2) is 0 Å². The summed E-state index contributed by atoms with van der Waals surface area (Å²) in [5.74, 6) is 0.231. The largest absolute Gasteiger partial charge is 0.372 e. The molecule has 4 heteroatoms. The van der Waals surface area contributed by atoms with Crippen LogP contribution in [0.3, 0.4) is 0 Å². The summed E-state index contributed by atoms with van der Waals surface area (Å²) in [5.41, 5.74) is 5.16. The lowest BCUT2D eigenvalue weighted by Crippen LogP contribution is -2.47. The number of nitrogens with zero attached hydrogens (tertiary/aromatic N) is 2. The van der Waals surface area contributed by atoms with Crippen LogP contribution in [0.25, 0.3) is 0 Å². The SMILES string of the molecule is CCC1Nc2cc3c(cc2N(CCCN(C)C)C1=O)CCCC3. The van der Waals surface area contributed by atoms with E-state index in [2.05, 4.69) is 43.4 Å². The Bertz CT molecular complexity index is 582. The van der Waals surface area contributed by atoms with Crippen molar-refractivity contribution in [1.29, 1.82) is 0 Å². The Morgan fingerprint density at radius 2 is 1.91 bits per heavy atom. The average molecular weight is 315 g/mol. The van der Waals surface area contributed by atoms with Crippen molar-refractivity contribution in [1.82, 2.24) is 4.90 Å². The molecule has 0 spiro atoms. The van der Waals surface area contributed by atoms with Crippen LogP contribution >= 0.6 is 0 Å². The highest BCUT2D eigenvalue weighted by Crippen LogP contribution is 2.37. The minimum Gasteiger partial charge on any atom is -0.372 e. The van der Waals surface area contributed by atoms with Crippen LogP contribution in [0, 0.1) is 0 Å². The highest BCUT2D eigenvalue weighted by atomic mass is 16.2. The first-order valence-electron chi connectivity index (χ1n) is 8.98. The van der Waals surface area contributed by atoms with Crippen molar-refractivity contribution in [3.8, 4) is 0 Å². The van der Waals surface area contributed by atoms with Crippen LogP contribution in [0.5, 0.6) is 0 Å². The minimum atomic E-state index is -0.0801. The van der Waals surface area contributed by atoms with Gasteiger partial charge >= 0.3 is 0 Å². The van der Waals surface area contributed by atoms with Gasteiger partial charge in [-0.1, -0.05) is 6.92 Å². The van der Waals surface area contributed by atoms with Crippen molar-refractivity contribution >= 4 is 17.3 Å². The molecule has 0 aromatic heterocycles. The smallest absolute Gasteiger partial charge is 0.249 e. The summed E-state index contributed by atoms with van der Waals surface area (Å²) in [6.45, 7) is 3.90. The van der Waals surface area contributed by atoms with Crippen LogP contribution < -0.4 is 10.2 Å². The van der Waals surface area contributed by atoms with Gasteiger partial charge in [-0.2, -0.15) is 0 Å². The van der Waals surface area contributed by atoms with Gasteiger partial charge in [0.15, 0.2) is 0 Å². The van der Waals surface area contributed by atoms with E-state index in [-0.39, 0.29) is 11.9 Å². The second-order valence-electron chi connectivity index (χ2n) is 7.10. The van der Waals surface area contributed by atoms with Gasteiger partial charge in [-0.05, 0) is 82.4 Å². The van der Waals surface area contributed by atoms with E-state index in [1.165, 1.54) is 30.4 Å². The molecule has 1 aliphatic heterocycles. The van der Waals surface area contributed by atoms with Crippen LogP contribution in [0.1, 0.15) is 43.7 Å². The third-order valence-electron chi connectivity index (χ3n) is 5.04. The van der Waals surface area contributed by atoms with Crippen LogP contribution in [0.4, 0.5) is 11.4 Å². The van der Waals surface area contributed by atoms with Gasteiger partial charge in [0.05, 0.1) is 11.4 Å². The second kappa shape index (κ2) is 6.91.